The molecule has 5 heteroatoms. The van der Waals surface area contributed by atoms with Gasteiger partial charge in [-0.2, -0.15) is 0 Å². The summed E-state index contributed by atoms with van der Waals surface area (Å²) >= 11 is 0. The zero-order valence-electron chi connectivity index (χ0n) is 6.08. The largest absolute Gasteiger partial charge is 0.349 e. The summed E-state index contributed by atoms with van der Waals surface area (Å²) in [5, 5.41) is 13.3. The Kier molecular flexibility index (Phi) is 1.72. The van der Waals surface area contributed by atoms with Gasteiger partial charge in [0, 0.05) is 17.9 Å². The quantitative estimate of drug-likeness (QED) is 0.620. The lowest BCUT2D eigenvalue weighted by molar-refractivity contribution is 0.401. The van der Waals surface area contributed by atoms with E-state index in [1.165, 1.54) is 0 Å². The molecule has 2 N–H and O–H groups in total. The number of nitrogens with one attached hydrogen (secondary N) is 2. The molecule has 1 aromatic heterocycles. The summed E-state index contributed by atoms with van der Waals surface area (Å²) in [6.07, 6.45) is 2.71. The van der Waals surface area contributed by atoms with Gasteiger partial charge in [0.1, 0.15) is 6.20 Å². The van der Waals surface area contributed by atoms with E-state index < -0.39 is 0 Å². The fraction of sp³-hybridized carbons (Fsp3) is 0.667. The normalized spacial score (nSPS) is 23.8. The minimum Gasteiger partial charge on any atom is -0.349 e. The molecule has 0 aromatic carbocycles. The molecule has 2 rings (SSSR count). The zero-order valence-corrected chi connectivity index (χ0v) is 6.08. The third-order valence-electron chi connectivity index (χ3n) is 1.77. The Morgan fingerprint density at radius 1 is 1.73 bits per heavy atom. The number of anilines is 1. The highest BCUT2D eigenvalue weighted by atomic mass is 16.5. The van der Waals surface area contributed by atoms with Crippen LogP contribution in [0, 0.1) is 0 Å². The number of aromatic nitrogens is 2. The minimum atomic E-state index is 0.463. The summed E-state index contributed by atoms with van der Waals surface area (Å²) in [7, 11) is 0. The van der Waals surface area contributed by atoms with E-state index in [-0.39, 0.29) is 0 Å². The average Bonchev–Trinajstić information content (AvgIpc) is 2.60. The van der Waals surface area contributed by atoms with Crippen LogP contribution in [-0.2, 0) is 0 Å². The van der Waals surface area contributed by atoms with Gasteiger partial charge in [-0.3, -0.25) is 0 Å². The molecule has 1 fully saturated rings. The zero-order chi connectivity index (χ0) is 7.52. The van der Waals surface area contributed by atoms with Crippen molar-refractivity contribution in [3.05, 3.63) is 6.20 Å². The first-order valence-electron chi connectivity index (χ1n) is 3.70. The number of rotatable bonds is 2. The molecule has 0 saturated carbocycles. The summed E-state index contributed by atoms with van der Waals surface area (Å²) in [6, 6.07) is 0.463. The Hall–Kier alpha value is -1.10. The first kappa shape index (κ1) is 6.60. The lowest BCUT2D eigenvalue weighted by Crippen LogP contribution is -2.21. The number of nitrogens with zero attached hydrogens (tertiary/aromatic N) is 2. The SMILES string of the molecule is c1nnoc1NC1CCNC1. The standard InChI is InChI=1S/C6H10N4O/c1-2-7-3-5(1)9-6-4-8-10-11-6/h4-5,7,9H,1-3H2. The van der Waals surface area contributed by atoms with E-state index in [1.54, 1.807) is 6.20 Å². The minimum absolute atomic E-state index is 0.463. The second kappa shape index (κ2) is 2.87. The smallest absolute Gasteiger partial charge is 0.245 e. The maximum absolute atomic E-state index is 4.80. The van der Waals surface area contributed by atoms with E-state index in [0.29, 0.717) is 11.9 Å². The number of hydrogen-bond acceptors (Lipinski definition) is 5. The lowest BCUT2D eigenvalue weighted by atomic mass is 10.3. The molecule has 1 saturated heterocycles. The van der Waals surface area contributed by atoms with Gasteiger partial charge in [0.25, 0.3) is 0 Å². The number of hydrogen-bond donors (Lipinski definition) is 2. The third kappa shape index (κ3) is 1.48. The first-order chi connectivity index (χ1) is 5.45. The van der Waals surface area contributed by atoms with Gasteiger partial charge in [-0.1, -0.05) is 0 Å². The predicted octanol–water partition coefficient (Wildman–Crippen LogP) is -0.157. The summed E-state index contributed by atoms with van der Waals surface area (Å²) in [6.45, 7) is 2.06. The van der Waals surface area contributed by atoms with Gasteiger partial charge in [-0.25, -0.2) is 0 Å². The molecule has 60 valence electrons. The molecule has 1 aliphatic heterocycles. The molecule has 11 heavy (non-hydrogen) atoms. The van der Waals surface area contributed by atoms with Crippen molar-refractivity contribution in [2.45, 2.75) is 12.5 Å². The average molecular weight is 154 g/mol. The van der Waals surface area contributed by atoms with Crippen molar-refractivity contribution in [2.75, 3.05) is 18.4 Å². The molecule has 0 radical (unpaired) electrons. The van der Waals surface area contributed by atoms with Crippen molar-refractivity contribution in [1.82, 2.24) is 15.7 Å². The highest BCUT2D eigenvalue weighted by Crippen LogP contribution is 2.07. The Morgan fingerprint density at radius 3 is 3.36 bits per heavy atom. The Labute approximate surface area is 64.1 Å². The third-order valence-corrected chi connectivity index (χ3v) is 1.77. The van der Waals surface area contributed by atoms with Crippen LogP contribution < -0.4 is 10.6 Å². The molecule has 2 heterocycles. The van der Waals surface area contributed by atoms with Gasteiger partial charge in [0.05, 0.1) is 0 Å². The van der Waals surface area contributed by atoms with Crippen LogP contribution in [0.15, 0.2) is 10.7 Å². The van der Waals surface area contributed by atoms with Crippen molar-refractivity contribution >= 4 is 5.88 Å². The fourth-order valence-corrected chi connectivity index (χ4v) is 1.21. The Bertz CT molecular complexity index is 204. The molecule has 1 aromatic rings. The molecule has 0 spiro atoms. The molecule has 1 unspecified atom stereocenters. The van der Waals surface area contributed by atoms with Crippen LogP contribution in [0.1, 0.15) is 6.42 Å². The molecule has 5 nitrogen and oxygen atoms in total. The maximum Gasteiger partial charge on any atom is 0.245 e. The molecule has 0 bridgehead atoms. The highest BCUT2D eigenvalue weighted by molar-refractivity contribution is 5.27. The van der Waals surface area contributed by atoms with Crippen molar-refractivity contribution < 1.29 is 4.52 Å². The monoisotopic (exact) mass is 154 g/mol. The second-order valence-corrected chi connectivity index (χ2v) is 2.62. The molecule has 1 atom stereocenters. The van der Waals surface area contributed by atoms with Crippen molar-refractivity contribution in [2.24, 2.45) is 0 Å². The van der Waals surface area contributed by atoms with Crippen molar-refractivity contribution in [3.8, 4) is 0 Å². The summed E-state index contributed by atoms with van der Waals surface area (Å²) < 4.78 is 4.80. The summed E-state index contributed by atoms with van der Waals surface area (Å²) in [5.74, 6) is 0.652. The van der Waals surface area contributed by atoms with E-state index in [4.69, 9.17) is 4.52 Å². The van der Waals surface area contributed by atoms with E-state index in [1.807, 2.05) is 0 Å². The van der Waals surface area contributed by atoms with Gasteiger partial charge in [-0.15, -0.1) is 5.10 Å². The van der Waals surface area contributed by atoms with Crippen molar-refractivity contribution in [3.63, 3.8) is 0 Å². The van der Waals surface area contributed by atoms with Crippen LogP contribution in [0.3, 0.4) is 0 Å². The molecule has 0 amide bonds. The fourth-order valence-electron chi connectivity index (χ4n) is 1.21. The van der Waals surface area contributed by atoms with Crippen LogP contribution in [0.4, 0.5) is 5.88 Å². The summed E-state index contributed by atoms with van der Waals surface area (Å²) in [4.78, 5) is 0. The second-order valence-electron chi connectivity index (χ2n) is 2.62. The first-order valence-corrected chi connectivity index (χ1v) is 3.70. The molecular weight excluding hydrogens is 144 g/mol. The highest BCUT2D eigenvalue weighted by Gasteiger charge is 2.14. The Balaban J connectivity index is 1.90. The lowest BCUT2D eigenvalue weighted by Gasteiger charge is -2.06. The van der Waals surface area contributed by atoms with Crippen LogP contribution >= 0.6 is 0 Å². The van der Waals surface area contributed by atoms with E-state index in [0.717, 1.165) is 19.5 Å². The summed E-state index contributed by atoms with van der Waals surface area (Å²) in [5.41, 5.74) is 0. The molecular formula is C6H10N4O. The topological polar surface area (TPSA) is 63.0 Å². The maximum atomic E-state index is 4.80. The van der Waals surface area contributed by atoms with E-state index in [9.17, 15) is 0 Å². The Morgan fingerprint density at radius 2 is 2.73 bits per heavy atom. The van der Waals surface area contributed by atoms with Crippen LogP contribution in [0.2, 0.25) is 0 Å². The van der Waals surface area contributed by atoms with Crippen LogP contribution in [-0.4, -0.2) is 29.5 Å². The van der Waals surface area contributed by atoms with Gasteiger partial charge in [0.2, 0.25) is 5.88 Å². The van der Waals surface area contributed by atoms with Gasteiger partial charge in [-0.05, 0) is 13.0 Å². The van der Waals surface area contributed by atoms with E-state index >= 15 is 0 Å². The van der Waals surface area contributed by atoms with Crippen LogP contribution in [0.25, 0.3) is 0 Å². The van der Waals surface area contributed by atoms with Crippen molar-refractivity contribution in [1.29, 1.82) is 0 Å². The van der Waals surface area contributed by atoms with Crippen LogP contribution in [0.5, 0.6) is 0 Å². The van der Waals surface area contributed by atoms with E-state index in [2.05, 4.69) is 21.0 Å². The predicted molar refractivity (Wildman–Crippen MR) is 39.2 cm³/mol. The van der Waals surface area contributed by atoms with Gasteiger partial charge in [0.15, 0.2) is 0 Å². The molecule has 0 aliphatic carbocycles. The molecule has 1 aliphatic rings. The van der Waals surface area contributed by atoms with Gasteiger partial charge >= 0.3 is 0 Å². The van der Waals surface area contributed by atoms with Gasteiger partial charge < -0.3 is 15.2 Å².